The predicted molar refractivity (Wildman–Crippen MR) is 147 cm³/mol. The van der Waals surface area contributed by atoms with Crippen LogP contribution in [0.2, 0.25) is 0 Å². The summed E-state index contributed by atoms with van der Waals surface area (Å²) in [6.07, 6.45) is 9.70. The van der Waals surface area contributed by atoms with Crippen molar-refractivity contribution in [3.05, 3.63) is 59.7 Å². The topological polar surface area (TPSA) is 128 Å². The Hall–Kier alpha value is -4.19. The smallest absolute Gasteiger partial charge is 0.408 e. The van der Waals surface area contributed by atoms with Gasteiger partial charge < -0.3 is 25.6 Å². The molecule has 1 fully saturated rings. The molecular weight excluding hydrogens is 498 g/mol. The van der Waals surface area contributed by atoms with Crippen molar-refractivity contribution in [3.8, 4) is 24.0 Å². The van der Waals surface area contributed by atoms with Gasteiger partial charge in [0.05, 0.1) is 0 Å². The standard InChI is InChI=1S/C30H37N3O6/c1-5-33(26(23-13-9-10-14-25(23)35)27(36)31-21-11-7-6-8-12-21)28(37)24(32-29(38)39-30(2,3)4)19-20-15-17-22(34)18-16-20/h1,9-10,13-18,21,24,26,34-35H,6-8,11-12,19H2,2-4H3,(H,31,36)(H,32,38). The largest absolute Gasteiger partial charge is 0.508 e. The fraction of sp³-hybridized carbons (Fsp3) is 0.433. The van der Waals surface area contributed by atoms with Gasteiger partial charge in [0.15, 0.2) is 6.04 Å². The molecular formula is C30H37N3O6. The van der Waals surface area contributed by atoms with E-state index in [0.29, 0.717) is 5.56 Å². The maximum Gasteiger partial charge on any atom is 0.408 e. The van der Waals surface area contributed by atoms with Gasteiger partial charge in [0, 0.05) is 24.1 Å². The number of terminal acetylenes is 1. The van der Waals surface area contributed by atoms with E-state index in [2.05, 4.69) is 16.7 Å². The Labute approximate surface area is 229 Å². The third-order valence-corrected chi connectivity index (χ3v) is 6.43. The second-order valence-electron chi connectivity index (χ2n) is 10.7. The lowest BCUT2D eigenvalue weighted by molar-refractivity contribution is -0.139. The van der Waals surface area contributed by atoms with Crippen LogP contribution in [0, 0.1) is 12.5 Å². The number of hydrogen-bond donors (Lipinski definition) is 4. The lowest BCUT2D eigenvalue weighted by Gasteiger charge is -2.32. The number of amides is 3. The van der Waals surface area contributed by atoms with E-state index in [4.69, 9.17) is 11.2 Å². The van der Waals surface area contributed by atoms with Gasteiger partial charge in [-0.05, 0) is 57.4 Å². The number of phenols is 2. The van der Waals surface area contributed by atoms with E-state index in [9.17, 15) is 24.6 Å². The van der Waals surface area contributed by atoms with E-state index in [1.54, 1.807) is 45.0 Å². The first-order valence-corrected chi connectivity index (χ1v) is 13.1. The summed E-state index contributed by atoms with van der Waals surface area (Å²) in [4.78, 5) is 41.2. The van der Waals surface area contributed by atoms with Crippen LogP contribution in [0.5, 0.6) is 11.5 Å². The Morgan fingerprint density at radius 3 is 2.28 bits per heavy atom. The van der Waals surface area contributed by atoms with Crippen LogP contribution in [-0.2, 0) is 20.7 Å². The van der Waals surface area contributed by atoms with Crippen LogP contribution in [0.4, 0.5) is 4.79 Å². The zero-order valence-corrected chi connectivity index (χ0v) is 22.6. The second-order valence-corrected chi connectivity index (χ2v) is 10.7. The molecule has 1 aliphatic rings. The molecule has 0 bridgehead atoms. The molecule has 9 nitrogen and oxygen atoms in total. The maximum absolute atomic E-state index is 14.0. The minimum atomic E-state index is -1.34. The molecule has 9 heteroatoms. The molecule has 208 valence electrons. The number of benzene rings is 2. The number of carbonyl (C=O) groups excluding carboxylic acids is 3. The molecule has 3 rings (SSSR count). The molecule has 0 aliphatic heterocycles. The highest BCUT2D eigenvalue weighted by molar-refractivity contribution is 5.94. The predicted octanol–water partition coefficient (Wildman–Crippen LogP) is 4.14. The second kappa shape index (κ2) is 13.1. The highest BCUT2D eigenvalue weighted by Gasteiger charge is 2.38. The number of hydrogen-bond acceptors (Lipinski definition) is 6. The normalized spacial score (nSPS) is 15.3. The summed E-state index contributed by atoms with van der Waals surface area (Å²) < 4.78 is 5.37. The summed E-state index contributed by atoms with van der Waals surface area (Å²) in [5.41, 5.74) is -0.0250. The first-order chi connectivity index (χ1) is 18.5. The number of para-hydroxylation sites is 1. The van der Waals surface area contributed by atoms with Crippen molar-refractivity contribution >= 4 is 17.9 Å². The number of alkyl carbamates (subject to hydrolysis) is 1. The van der Waals surface area contributed by atoms with E-state index in [1.807, 2.05) is 0 Å². The zero-order valence-electron chi connectivity index (χ0n) is 22.6. The molecule has 2 aromatic rings. The summed E-state index contributed by atoms with van der Waals surface area (Å²) in [6, 6.07) is 12.1. The first kappa shape index (κ1) is 29.4. The van der Waals surface area contributed by atoms with Crippen LogP contribution < -0.4 is 10.6 Å². The summed E-state index contributed by atoms with van der Waals surface area (Å²) in [5, 5.41) is 25.9. The molecule has 1 aliphatic carbocycles. The molecule has 0 aromatic heterocycles. The molecule has 0 saturated heterocycles. The van der Waals surface area contributed by atoms with Gasteiger partial charge in [-0.2, -0.15) is 0 Å². The number of rotatable bonds is 8. The molecule has 2 aromatic carbocycles. The van der Waals surface area contributed by atoms with E-state index in [0.717, 1.165) is 37.0 Å². The van der Waals surface area contributed by atoms with Crippen LogP contribution in [0.1, 0.15) is 70.0 Å². The number of nitrogens with one attached hydrogen (secondary N) is 2. The molecule has 4 N–H and O–H groups in total. The molecule has 0 heterocycles. The Balaban J connectivity index is 1.97. The van der Waals surface area contributed by atoms with Crippen LogP contribution >= 0.6 is 0 Å². The molecule has 39 heavy (non-hydrogen) atoms. The van der Waals surface area contributed by atoms with Crippen LogP contribution in [0.3, 0.4) is 0 Å². The number of nitrogens with zero attached hydrogens (tertiary/aromatic N) is 1. The summed E-state index contributed by atoms with van der Waals surface area (Å²) in [6.45, 7) is 5.09. The number of phenolic OH excluding ortho intramolecular Hbond substituents is 2. The fourth-order valence-electron chi connectivity index (χ4n) is 4.59. The van der Waals surface area contributed by atoms with Gasteiger partial charge in [0.25, 0.3) is 5.91 Å². The lowest BCUT2D eigenvalue weighted by Crippen LogP contribution is -2.53. The quantitative estimate of drug-likeness (QED) is 0.297. The van der Waals surface area contributed by atoms with E-state index in [-0.39, 0.29) is 29.5 Å². The van der Waals surface area contributed by atoms with Crippen molar-refractivity contribution in [3.63, 3.8) is 0 Å². The van der Waals surface area contributed by atoms with Crippen LogP contribution in [-0.4, -0.2) is 50.7 Å². The summed E-state index contributed by atoms with van der Waals surface area (Å²) >= 11 is 0. The van der Waals surface area contributed by atoms with Crippen LogP contribution in [0.25, 0.3) is 0 Å². The highest BCUT2D eigenvalue weighted by atomic mass is 16.6. The SMILES string of the molecule is C#CN(C(=O)C(Cc1ccc(O)cc1)NC(=O)OC(C)(C)C)C(C(=O)NC1CCCCC1)c1ccccc1O. The van der Waals surface area contributed by atoms with Gasteiger partial charge >= 0.3 is 6.09 Å². The zero-order chi connectivity index (χ0) is 28.6. The van der Waals surface area contributed by atoms with Gasteiger partial charge in [0.2, 0.25) is 5.91 Å². The highest BCUT2D eigenvalue weighted by Crippen LogP contribution is 2.30. The molecule has 3 amide bonds. The third-order valence-electron chi connectivity index (χ3n) is 6.43. The monoisotopic (exact) mass is 535 g/mol. The van der Waals surface area contributed by atoms with E-state index >= 15 is 0 Å². The summed E-state index contributed by atoms with van der Waals surface area (Å²) in [5.74, 6) is -1.39. The van der Waals surface area contributed by atoms with Gasteiger partial charge in [-0.3, -0.25) is 14.5 Å². The van der Waals surface area contributed by atoms with Crippen molar-refractivity contribution < 1.29 is 29.3 Å². The Bertz CT molecular complexity index is 1190. The fourth-order valence-corrected chi connectivity index (χ4v) is 4.59. The molecule has 0 spiro atoms. The van der Waals surface area contributed by atoms with Crippen molar-refractivity contribution in [1.82, 2.24) is 15.5 Å². The van der Waals surface area contributed by atoms with Crippen molar-refractivity contribution in [2.45, 2.75) is 83.0 Å². The minimum absolute atomic E-state index is 0.00821. The molecule has 2 atom stereocenters. The molecule has 1 saturated carbocycles. The van der Waals surface area contributed by atoms with Crippen molar-refractivity contribution in [2.24, 2.45) is 0 Å². The lowest BCUT2D eigenvalue weighted by atomic mass is 9.94. The number of carbonyl (C=O) groups is 3. The first-order valence-electron chi connectivity index (χ1n) is 13.1. The Morgan fingerprint density at radius 2 is 1.69 bits per heavy atom. The van der Waals surface area contributed by atoms with Gasteiger partial charge in [-0.15, -0.1) is 0 Å². The Morgan fingerprint density at radius 1 is 1.05 bits per heavy atom. The Kier molecular flexibility index (Phi) is 9.83. The summed E-state index contributed by atoms with van der Waals surface area (Å²) in [7, 11) is 0. The van der Waals surface area contributed by atoms with E-state index in [1.165, 1.54) is 24.3 Å². The number of aromatic hydroxyl groups is 2. The van der Waals surface area contributed by atoms with Crippen molar-refractivity contribution in [1.29, 1.82) is 0 Å². The minimum Gasteiger partial charge on any atom is -0.508 e. The van der Waals surface area contributed by atoms with E-state index < -0.39 is 35.6 Å². The average molecular weight is 536 g/mol. The average Bonchev–Trinajstić information content (AvgIpc) is 2.88. The maximum atomic E-state index is 14.0. The van der Waals surface area contributed by atoms with Gasteiger partial charge in [0.1, 0.15) is 23.1 Å². The molecule has 2 unspecified atom stereocenters. The van der Waals surface area contributed by atoms with Gasteiger partial charge in [-0.1, -0.05) is 56.0 Å². The third kappa shape index (κ3) is 8.40. The molecule has 0 radical (unpaired) electrons. The number of ether oxygens (including phenoxy) is 1. The van der Waals surface area contributed by atoms with Gasteiger partial charge in [-0.25, -0.2) is 4.79 Å². The van der Waals surface area contributed by atoms with Crippen LogP contribution in [0.15, 0.2) is 48.5 Å². The van der Waals surface area contributed by atoms with Crippen molar-refractivity contribution in [2.75, 3.05) is 0 Å².